The molecule has 11 nitrogen and oxygen atoms in total. The number of hydrogen-bond donors (Lipinski definition) is 3. The molecule has 0 aliphatic carbocycles. The molecule has 1 saturated heterocycles. The smallest absolute Gasteiger partial charge is 0.243 e. The number of nitrogens with zero attached hydrogens (tertiary/aromatic N) is 3. The molecule has 1 fully saturated rings. The van der Waals surface area contributed by atoms with Crippen LogP contribution in [0.25, 0.3) is 11.3 Å². The number of benzene rings is 3. The zero-order valence-electron chi connectivity index (χ0n) is 23.9. The maximum Gasteiger partial charge on any atom is 0.243 e. The van der Waals surface area contributed by atoms with Crippen LogP contribution >= 0.6 is 15.9 Å². The third kappa shape index (κ3) is 8.10. The molecule has 1 unspecified atom stereocenters. The topological polar surface area (TPSA) is 164 Å². The number of nitrogens with two attached hydrogens (primary N) is 1. The number of primary sulfonamides is 1. The first kappa shape index (κ1) is 32.6. The Bertz CT molecular complexity index is 1890. The predicted octanol–water partition coefficient (Wildman–Crippen LogP) is 3.82. The van der Waals surface area contributed by atoms with Crippen LogP contribution in [0.5, 0.6) is 0 Å². The molecule has 0 saturated carbocycles. The lowest BCUT2D eigenvalue weighted by Gasteiger charge is -2.23. The molecule has 2 heterocycles. The molecule has 0 radical (unpaired) electrons. The van der Waals surface area contributed by atoms with Gasteiger partial charge in [-0.25, -0.2) is 36.3 Å². The molecule has 1 amide bonds. The number of sulfonamides is 2. The van der Waals surface area contributed by atoms with Gasteiger partial charge < -0.3 is 10.6 Å². The number of anilines is 1. The second-order valence-corrected chi connectivity index (χ2v) is 14.8. The van der Waals surface area contributed by atoms with Gasteiger partial charge >= 0.3 is 0 Å². The van der Waals surface area contributed by atoms with Crippen molar-refractivity contribution in [2.75, 3.05) is 18.4 Å². The Hall–Kier alpha value is -3.76. The highest BCUT2D eigenvalue weighted by atomic mass is 79.9. The molecule has 3 aromatic carbocycles. The number of halogens is 2. The van der Waals surface area contributed by atoms with E-state index in [1.807, 2.05) is 24.3 Å². The fourth-order valence-electron chi connectivity index (χ4n) is 4.93. The molecule has 4 N–H and O–H groups in total. The first-order valence-electron chi connectivity index (χ1n) is 13.9. The molecule has 236 valence electrons. The van der Waals surface area contributed by atoms with Gasteiger partial charge in [-0.15, -0.1) is 0 Å². The number of carbonyl (C=O) groups excluding carboxylic acids is 1. The zero-order chi connectivity index (χ0) is 32.2. The highest BCUT2D eigenvalue weighted by Gasteiger charge is 2.39. The summed E-state index contributed by atoms with van der Waals surface area (Å²) >= 11 is 3.43. The Morgan fingerprint density at radius 1 is 0.956 bits per heavy atom. The number of amides is 1. The molecule has 15 heteroatoms. The predicted molar refractivity (Wildman–Crippen MR) is 170 cm³/mol. The molecule has 4 aromatic rings. The lowest BCUT2D eigenvalue weighted by atomic mass is 10.1. The minimum absolute atomic E-state index is 0.0233. The molecular formula is C30H30BrFN6O5S2. The summed E-state index contributed by atoms with van der Waals surface area (Å²) in [5.74, 6) is -0.689. The van der Waals surface area contributed by atoms with Crippen molar-refractivity contribution in [3.63, 3.8) is 0 Å². The molecule has 0 spiro atoms. The van der Waals surface area contributed by atoms with Gasteiger partial charge in [-0.3, -0.25) is 4.79 Å². The number of nitrogens with one attached hydrogen (secondary N) is 2. The largest absolute Gasteiger partial charge is 0.354 e. The zero-order valence-corrected chi connectivity index (χ0v) is 27.1. The third-order valence-electron chi connectivity index (χ3n) is 7.24. The van der Waals surface area contributed by atoms with Crippen LogP contribution in [0.2, 0.25) is 0 Å². The summed E-state index contributed by atoms with van der Waals surface area (Å²) in [6.45, 7) is 0.635. The highest BCUT2D eigenvalue weighted by Crippen LogP contribution is 2.27. The van der Waals surface area contributed by atoms with Crippen molar-refractivity contribution in [1.29, 1.82) is 0 Å². The third-order valence-corrected chi connectivity index (χ3v) is 10.6. The van der Waals surface area contributed by atoms with Crippen molar-refractivity contribution >= 4 is 47.8 Å². The van der Waals surface area contributed by atoms with Gasteiger partial charge in [-0.2, -0.15) is 4.31 Å². The number of aromatic nitrogens is 2. The average Bonchev–Trinajstić information content (AvgIpc) is 3.52. The Balaban J connectivity index is 1.30. The lowest BCUT2D eigenvalue weighted by Crippen LogP contribution is -2.45. The van der Waals surface area contributed by atoms with Crippen molar-refractivity contribution in [3.05, 3.63) is 100 Å². The highest BCUT2D eigenvalue weighted by molar-refractivity contribution is 9.10. The fraction of sp³-hybridized carbons (Fsp3) is 0.233. The van der Waals surface area contributed by atoms with Gasteiger partial charge in [0.1, 0.15) is 11.9 Å². The van der Waals surface area contributed by atoms with E-state index in [9.17, 15) is 26.0 Å². The molecule has 1 aliphatic heterocycles. The van der Waals surface area contributed by atoms with Gasteiger partial charge in [0.25, 0.3) is 0 Å². The van der Waals surface area contributed by atoms with Crippen LogP contribution in [0.15, 0.2) is 93.1 Å². The van der Waals surface area contributed by atoms with Crippen LogP contribution in [-0.4, -0.2) is 56.1 Å². The molecule has 1 aliphatic rings. The molecule has 5 rings (SSSR count). The van der Waals surface area contributed by atoms with E-state index in [0.29, 0.717) is 43.1 Å². The second kappa shape index (κ2) is 13.7. The summed E-state index contributed by atoms with van der Waals surface area (Å²) in [6.07, 6.45) is 1.41. The monoisotopic (exact) mass is 716 g/mol. The van der Waals surface area contributed by atoms with Gasteiger partial charge in [0, 0.05) is 23.1 Å². The van der Waals surface area contributed by atoms with E-state index in [1.54, 1.807) is 18.2 Å². The van der Waals surface area contributed by atoms with Crippen LogP contribution in [0, 0.1) is 5.82 Å². The maximum atomic E-state index is 13.4. The van der Waals surface area contributed by atoms with Crippen molar-refractivity contribution in [1.82, 2.24) is 19.6 Å². The SMILES string of the molecule is NS(=O)(=O)c1ccc(CCNc2nc(CNC(=O)C3CCCN3S(=O)(=O)c3ccc(F)cc3)cc(-c3ccc(Br)cc3)n2)cc1. The van der Waals surface area contributed by atoms with Gasteiger partial charge in [0.05, 0.1) is 27.7 Å². The van der Waals surface area contributed by atoms with Crippen LogP contribution < -0.4 is 15.8 Å². The van der Waals surface area contributed by atoms with Crippen molar-refractivity contribution in [2.45, 2.75) is 41.6 Å². The van der Waals surface area contributed by atoms with Crippen molar-refractivity contribution in [3.8, 4) is 11.3 Å². The summed E-state index contributed by atoms with van der Waals surface area (Å²) < 4.78 is 64.9. The van der Waals surface area contributed by atoms with Crippen molar-refractivity contribution < 1.29 is 26.0 Å². The van der Waals surface area contributed by atoms with E-state index in [1.165, 1.54) is 24.3 Å². The van der Waals surface area contributed by atoms with Gasteiger partial charge in [-0.1, -0.05) is 40.2 Å². The van der Waals surface area contributed by atoms with E-state index in [4.69, 9.17) is 5.14 Å². The van der Waals surface area contributed by atoms with E-state index >= 15 is 0 Å². The minimum Gasteiger partial charge on any atom is -0.354 e. The molecule has 1 atom stereocenters. The molecule has 1 aromatic heterocycles. The summed E-state index contributed by atoms with van der Waals surface area (Å²) in [7, 11) is -7.78. The summed E-state index contributed by atoms with van der Waals surface area (Å²) in [6, 6.07) is 19.2. The molecule has 45 heavy (non-hydrogen) atoms. The standard InChI is InChI=1S/C30H30BrFN6O5S2/c31-22-7-5-21(6-8-22)27-18-24(36-30(37-27)34-16-15-20-3-11-25(12-4-20)44(33,40)41)19-35-29(39)28-2-1-17-38(28)45(42,43)26-13-9-23(32)10-14-26/h3-14,18,28H,1-2,15-17,19H2,(H,35,39)(H2,33,40,41)(H,34,36,37). The van der Waals surface area contributed by atoms with Crippen LogP contribution in [0.4, 0.5) is 10.3 Å². The summed E-state index contributed by atoms with van der Waals surface area (Å²) in [5, 5.41) is 11.2. The van der Waals surface area contributed by atoms with Crippen molar-refractivity contribution in [2.24, 2.45) is 5.14 Å². The Kier molecular flexibility index (Phi) is 9.94. The number of carbonyl (C=O) groups is 1. The Morgan fingerprint density at radius 3 is 2.29 bits per heavy atom. The van der Waals surface area contributed by atoms with Gasteiger partial charge in [0.15, 0.2) is 0 Å². The van der Waals surface area contributed by atoms with E-state index in [2.05, 4.69) is 36.5 Å². The average molecular weight is 718 g/mol. The quantitative estimate of drug-likeness (QED) is 0.211. The van der Waals surface area contributed by atoms with Crippen LogP contribution in [0.1, 0.15) is 24.1 Å². The van der Waals surface area contributed by atoms with E-state index < -0.39 is 37.8 Å². The summed E-state index contributed by atoms with van der Waals surface area (Å²) in [4.78, 5) is 22.4. The second-order valence-electron chi connectivity index (χ2n) is 10.4. The molecule has 0 bridgehead atoms. The van der Waals surface area contributed by atoms with Crippen LogP contribution in [0.3, 0.4) is 0 Å². The Labute approximate surface area is 269 Å². The number of rotatable bonds is 11. The van der Waals surface area contributed by atoms with Crippen LogP contribution in [-0.2, 0) is 37.8 Å². The number of hydrogen-bond acceptors (Lipinski definition) is 8. The van der Waals surface area contributed by atoms with Gasteiger partial charge in [0.2, 0.25) is 31.9 Å². The molecular weight excluding hydrogens is 687 g/mol. The summed E-state index contributed by atoms with van der Waals surface area (Å²) in [5.41, 5.74) is 2.82. The first-order valence-corrected chi connectivity index (χ1v) is 17.7. The minimum atomic E-state index is -4.00. The Morgan fingerprint density at radius 2 is 1.62 bits per heavy atom. The van der Waals surface area contributed by atoms with E-state index in [0.717, 1.165) is 32.0 Å². The maximum absolute atomic E-state index is 13.4. The lowest BCUT2D eigenvalue weighted by molar-refractivity contribution is -0.124. The van der Waals surface area contributed by atoms with Gasteiger partial charge in [-0.05, 0) is 79.4 Å². The van der Waals surface area contributed by atoms with E-state index in [-0.39, 0.29) is 22.9 Å². The normalized spacial score (nSPS) is 15.6. The fourth-order valence-corrected chi connectivity index (χ4v) is 7.36. The first-order chi connectivity index (χ1) is 21.4.